The van der Waals surface area contributed by atoms with E-state index in [1.54, 1.807) is 11.1 Å². The van der Waals surface area contributed by atoms with Gasteiger partial charge in [-0.25, -0.2) is 4.79 Å². The first-order chi connectivity index (χ1) is 8.88. The number of rotatable bonds is 1. The number of amides is 1. The van der Waals surface area contributed by atoms with Crippen LogP contribution in [0.25, 0.3) is 0 Å². The molecule has 2 rings (SSSR count). The summed E-state index contributed by atoms with van der Waals surface area (Å²) in [5, 5.41) is 10.3. The molecule has 1 unspecified atom stereocenters. The van der Waals surface area contributed by atoms with E-state index in [1.165, 1.54) is 0 Å². The zero-order valence-corrected chi connectivity index (χ0v) is 12.0. The van der Waals surface area contributed by atoms with E-state index in [1.807, 2.05) is 27.7 Å². The lowest BCUT2D eigenvalue weighted by Gasteiger charge is -2.36. The SMILES string of the molecule is Cc1cn[nH]c1C1CNCCN1C(=O)OC(C)(C)C. The molecule has 1 saturated heterocycles. The Morgan fingerprint density at radius 3 is 2.84 bits per heavy atom. The minimum absolute atomic E-state index is 0.0499. The summed E-state index contributed by atoms with van der Waals surface area (Å²) in [7, 11) is 0. The van der Waals surface area contributed by atoms with Gasteiger partial charge in [0.2, 0.25) is 0 Å². The Kier molecular flexibility index (Phi) is 3.80. The van der Waals surface area contributed by atoms with Crippen molar-refractivity contribution in [2.75, 3.05) is 19.6 Å². The lowest BCUT2D eigenvalue weighted by Crippen LogP contribution is -2.50. The van der Waals surface area contributed by atoms with Gasteiger partial charge in [0.25, 0.3) is 0 Å². The first-order valence-corrected chi connectivity index (χ1v) is 6.58. The predicted molar refractivity (Wildman–Crippen MR) is 71.9 cm³/mol. The quantitative estimate of drug-likeness (QED) is 0.810. The Labute approximate surface area is 113 Å². The molecule has 1 atom stereocenters. The van der Waals surface area contributed by atoms with E-state index >= 15 is 0 Å². The molecular weight excluding hydrogens is 244 g/mol. The largest absolute Gasteiger partial charge is 0.444 e. The topological polar surface area (TPSA) is 70.2 Å². The van der Waals surface area contributed by atoms with E-state index in [9.17, 15) is 4.79 Å². The van der Waals surface area contributed by atoms with Crippen LogP contribution in [0.1, 0.15) is 38.1 Å². The molecule has 106 valence electrons. The van der Waals surface area contributed by atoms with Crippen molar-refractivity contribution >= 4 is 6.09 Å². The molecule has 0 bridgehead atoms. The Morgan fingerprint density at radius 2 is 2.26 bits per heavy atom. The van der Waals surface area contributed by atoms with Crippen LogP contribution in [0.4, 0.5) is 4.79 Å². The maximum atomic E-state index is 12.3. The fourth-order valence-electron chi connectivity index (χ4n) is 2.19. The second-order valence-corrected chi connectivity index (χ2v) is 5.86. The number of aromatic nitrogens is 2. The number of nitrogens with one attached hydrogen (secondary N) is 2. The third-order valence-corrected chi connectivity index (χ3v) is 3.07. The van der Waals surface area contributed by atoms with Gasteiger partial charge in [0.05, 0.1) is 17.9 Å². The molecule has 2 heterocycles. The molecule has 2 N–H and O–H groups in total. The number of aromatic amines is 1. The van der Waals surface area contributed by atoms with Gasteiger partial charge in [-0.1, -0.05) is 0 Å². The van der Waals surface area contributed by atoms with Gasteiger partial charge in [0.15, 0.2) is 0 Å². The number of piperazine rings is 1. The summed E-state index contributed by atoms with van der Waals surface area (Å²) < 4.78 is 5.47. The van der Waals surface area contributed by atoms with Crippen molar-refractivity contribution < 1.29 is 9.53 Å². The maximum absolute atomic E-state index is 12.3. The predicted octanol–water partition coefficient (Wildman–Crippen LogP) is 1.60. The van der Waals surface area contributed by atoms with Gasteiger partial charge in [-0.15, -0.1) is 0 Å². The Balaban J connectivity index is 2.17. The fraction of sp³-hybridized carbons (Fsp3) is 0.692. The van der Waals surface area contributed by atoms with Gasteiger partial charge >= 0.3 is 6.09 Å². The number of hydrogen-bond acceptors (Lipinski definition) is 4. The van der Waals surface area contributed by atoms with E-state index in [2.05, 4.69) is 15.5 Å². The van der Waals surface area contributed by atoms with Gasteiger partial charge in [0.1, 0.15) is 5.60 Å². The van der Waals surface area contributed by atoms with Crippen LogP contribution in [-0.2, 0) is 4.74 Å². The molecule has 1 amide bonds. The molecule has 0 radical (unpaired) electrons. The molecule has 1 aliphatic rings. The maximum Gasteiger partial charge on any atom is 0.410 e. The van der Waals surface area contributed by atoms with Crippen molar-refractivity contribution in [3.05, 3.63) is 17.5 Å². The molecule has 0 aliphatic carbocycles. The lowest BCUT2D eigenvalue weighted by molar-refractivity contribution is 0.0113. The van der Waals surface area contributed by atoms with E-state index in [4.69, 9.17) is 4.74 Å². The highest BCUT2D eigenvalue weighted by Gasteiger charge is 2.32. The second-order valence-electron chi connectivity index (χ2n) is 5.86. The van der Waals surface area contributed by atoms with Gasteiger partial charge in [-0.3, -0.25) is 10.00 Å². The summed E-state index contributed by atoms with van der Waals surface area (Å²) in [6.07, 6.45) is 1.50. The summed E-state index contributed by atoms with van der Waals surface area (Å²) in [4.78, 5) is 14.0. The highest BCUT2D eigenvalue weighted by molar-refractivity contribution is 5.69. The summed E-state index contributed by atoms with van der Waals surface area (Å²) >= 11 is 0. The van der Waals surface area contributed by atoms with Crippen molar-refractivity contribution in [3.63, 3.8) is 0 Å². The molecule has 6 heteroatoms. The number of nitrogens with zero attached hydrogens (tertiary/aromatic N) is 2. The number of H-pyrrole nitrogens is 1. The van der Waals surface area contributed by atoms with Crippen molar-refractivity contribution in [2.45, 2.75) is 39.3 Å². The summed E-state index contributed by atoms with van der Waals surface area (Å²) in [5.41, 5.74) is 1.55. The number of carbonyl (C=O) groups is 1. The summed E-state index contributed by atoms with van der Waals surface area (Å²) in [5.74, 6) is 0. The lowest BCUT2D eigenvalue weighted by atomic mass is 10.1. The normalized spacial score (nSPS) is 20.4. The average molecular weight is 266 g/mol. The molecule has 1 aromatic rings. The number of aryl methyl sites for hydroxylation is 1. The molecular formula is C13H22N4O2. The highest BCUT2D eigenvalue weighted by Crippen LogP contribution is 2.25. The number of carbonyl (C=O) groups excluding carboxylic acids is 1. The number of hydrogen-bond donors (Lipinski definition) is 2. The molecule has 19 heavy (non-hydrogen) atoms. The number of ether oxygens (including phenoxy) is 1. The third-order valence-electron chi connectivity index (χ3n) is 3.07. The molecule has 6 nitrogen and oxygen atoms in total. The first kappa shape index (κ1) is 13.9. The van der Waals surface area contributed by atoms with Gasteiger partial charge in [0, 0.05) is 19.6 Å². The van der Waals surface area contributed by atoms with Crippen molar-refractivity contribution in [1.82, 2.24) is 20.4 Å². The molecule has 1 fully saturated rings. The summed E-state index contributed by atoms with van der Waals surface area (Å²) in [6, 6.07) is -0.0499. The smallest absolute Gasteiger partial charge is 0.410 e. The molecule has 1 aliphatic heterocycles. The third kappa shape index (κ3) is 3.26. The van der Waals surface area contributed by atoms with Crippen LogP contribution >= 0.6 is 0 Å². The van der Waals surface area contributed by atoms with E-state index in [0.29, 0.717) is 13.1 Å². The van der Waals surface area contributed by atoms with Crippen molar-refractivity contribution in [2.24, 2.45) is 0 Å². The van der Waals surface area contributed by atoms with Gasteiger partial charge in [-0.2, -0.15) is 5.10 Å². The second kappa shape index (κ2) is 5.21. The van der Waals surface area contributed by atoms with Crippen LogP contribution in [0.3, 0.4) is 0 Å². The van der Waals surface area contributed by atoms with Gasteiger partial charge in [-0.05, 0) is 33.3 Å². The monoisotopic (exact) mass is 266 g/mol. The highest BCUT2D eigenvalue weighted by atomic mass is 16.6. The van der Waals surface area contributed by atoms with Crippen LogP contribution in [0, 0.1) is 6.92 Å². The molecule has 0 aromatic carbocycles. The van der Waals surface area contributed by atoms with Crippen LogP contribution in [0.5, 0.6) is 0 Å². The molecule has 0 saturated carbocycles. The van der Waals surface area contributed by atoms with Crippen LogP contribution < -0.4 is 5.32 Å². The average Bonchev–Trinajstić information content (AvgIpc) is 2.73. The Bertz CT molecular complexity index is 450. The van der Waals surface area contributed by atoms with Gasteiger partial charge < -0.3 is 10.1 Å². The first-order valence-electron chi connectivity index (χ1n) is 6.58. The minimum Gasteiger partial charge on any atom is -0.444 e. The van der Waals surface area contributed by atoms with Crippen molar-refractivity contribution in [1.29, 1.82) is 0 Å². The van der Waals surface area contributed by atoms with Crippen LogP contribution in [0.2, 0.25) is 0 Å². The van der Waals surface area contributed by atoms with Crippen molar-refractivity contribution in [3.8, 4) is 0 Å². The Morgan fingerprint density at radius 1 is 1.53 bits per heavy atom. The Hall–Kier alpha value is -1.56. The minimum atomic E-state index is -0.477. The van der Waals surface area contributed by atoms with E-state index in [-0.39, 0.29) is 12.1 Å². The zero-order chi connectivity index (χ0) is 14.0. The van der Waals surface area contributed by atoms with Crippen LogP contribution in [0.15, 0.2) is 6.20 Å². The van der Waals surface area contributed by atoms with E-state index < -0.39 is 5.60 Å². The fourth-order valence-corrected chi connectivity index (χ4v) is 2.19. The molecule has 0 spiro atoms. The van der Waals surface area contributed by atoms with Crippen LogP contribution in [-0.4, -0.2) is 46.4 Å². The molecule has 1 aromatic heterocycles. The standard InChI is InChI=1S/C13H22N4O2/c1-9-7-15-16-11(9)10-8-14-5-6-17(10)12(18)19-13(2,3)4/h7,10,14H,5-6,8H2,1-4H3,(H,15,16). The van der Waals surface area contributed by atoms with E-state index in [0.717, 1.165) is 17.8 Å². The summed E-state index contributed by atoms with van der Waals surface area (Å²) in [6.45, 7) is 9.75. The zero-order valence-electron chi connectivity index (χ0n) is 12.0.